The van der Waals surface area contributed by atoms with E-state index in [9.17, 15) is 9.59 Å². The van der Waals surface area contributed by atoms with Crippen molar-refractivity contribution in [1.29, 1.82) is 0 Å². The van der Waals surface area contributed by atoms with Gasteiger partial charge in [-0.3, -0.25) is 9.59 Å². The first-order valence-corrected chi connectivity index (χ1v) is 8.62. The van der Waals surface area contributed by atoms with Gasteiger partial charge in [0.2, 0.25) is 0 Å². The van der Waals surface area contributed by atoms with Gasteiger partial charge in [-0.15, -0.1) is 0 Å². The Kier molecular flexibility index (Phi) is 4.27. The van der Waals surface area contributed by atoms with Crippen LogP contribution in [0.5, 0.6) is 0 Å². The van der Waals surface area contributed by atoms with Crippen LogP contribution in [0.4, 0.5) is 0 Å². The number of carbonyl (C=O) groups excluding carboxylic acids is 1. The molecule has 4 nitrogen and oxygen atoms in total. The summed E-state index contributed by atoms with van der Waals surface area (Å²) in [5.41, 5.74) is 2.95. The molecule has 4 heteroatoms. The Morgan fingerprint density at radius 2 is 1.85 bits per heavy atom. The average molecular weight is 352 g/mol. The van der Waals surface area contributed by atoms with Gasteiger partial charge in [0.15, 0.2) is 0 Å². The van der Waals surface area contributed by atoms with Crippen molar-refractivity contribution in [3.63, 3.8) is 0 Å². The van der Waals surface area contributed by atoms with E-state index in [0.717, 1.165) is 27.5 Å². The monoisotopic (exact) mass is 352 g/mol. The molecule has 0 unspecified atom stereocenters. The van der Waals surface area contributed by atoms with Gasteiger partial charge in [-0.2, -0.15) is 0 Å². The van der Waals surface area contributed by atoms with Crippen LogP contribution in [0.25, 0.3) is 21.8 Å². The third-order valence-corrected chi connectivity index (χ3v) is 4.35. The second kappa shape index (κ2) is 6.89. The molecule has 0 bridgehead atoms. The van der Waals surface area contributed by atoms with Gasteiger partial charge in [0.25, 0.3) is 5.56 Å². The highest BCUT2D eigenvalue weighted by Gasteiger charge is 2.08. The predicted molar refractivity (Wildman–Crippen MR) is 107 cm³/mol. The molecule has 0 aliphatic rings. The van der Waals surface area contributed by atoms with Crippen LogP contribution in [0.1, 0.15) is 23.6 Å². The standard InChI is InChI=1S/C23H16N2O2/c1-15(26)13-17-6-4-5-16(14-17)9-10-18-11-12-24-22-21(18)19-7-2-3-8-20(19)23(27)25-22/h2-8,11-12,14H,13H2,1H3,(H,24,25,27). The highest BCUT2D eigenvalue weighted by molar-refractivity contribution is 6.06. The summed E-state index contributed by atoms with van der Waals surface area (Å²) in [5, 5.41) is 2.28. The lowest BCUT2D eigenvalue weighted by Gasteiger charge is -2.04. The van der Waals surface area contributed by atoms with Crippen molar-refractivity contribution in [3.8, 4) is 11.8 Å². The third-order valence-electron chi connectivity index (χ3n) is 4.35. The maximum atomic E-state index is 12.2. The van der Waals surface area contributed by atoms with E-state index in [0.29, 0.717) is 17.5 Å². The van der Waals surface area contributed by atoms with Crippen molar-refractivity contribution in [2.24, 2.45) is 0 Å². The van der Waals surface area contributed by atoms with Crippen LogP contribution >= 0.6 is 0 Å². The van der Waals surface area contributed by atoms with Gasteiger partial charge in [0.1, 0.15) is 11.4 Å². The number of nitrogens with one attached hydrogen (secondary N) is 1. The highest BCUT2D eigenvalue weighted by atomic mass is 16.1. The number of aromatic amines is 1. The van der Waals surface area contributed by atoms with Crippen LogP contribution < -0.4 is 5.56 Å². The maximum Gasteiger partial charge on any atom is 0.257 e. The quantitative estimate of drug-likeness (QED) is 0.443. The molecule has 4 aromatic rings. The Balaban J connectivity index is 1.87. The molecule has 0 radical (unpaired) electrons. The topological polar surface area (TPSA) is 62.8 Å². The number of H-pyrrole nitrogens is 1. The molecule has 2 heterocycles. The van der Waals surface area contributed by atoms with Crippen molar-refractivity contribution >= 4 is 27.6 Å². The zero-order chi connectivity index (χ0) is 18.8. The minimum atomic E-state index is -0.160. The summed E-state index contributed by atoms with van der Waals surface area (Å²) in [6, 6.07) is 17.0. The molecule has 130 valence electrons. The number of carbonyl (C=O) groups is 1. The van der Waals surface area contributed by atoms with Crippen LogP contribution in [-0.4, -0.2) is 15.8 Å². The number of ketones is 1. The fourth-order valence-corrected chi connectivity index (χ4v) is 3.19. The number of fused-ring (bicyclic) bond motifs is 3. The van der Waals surface area contributed by atoms with E-state index in [2.05, 4.69) is 21.8 Å². The van der Waals surface area contributed by atoms with E-state index in [4.69, 9.17) is 0 Å². The third kappa shape index (κ3) is 3.36. The molecule has 2 aromatic heterocycles. The Morgan fingerprint density at radius 3 is 2.67 bits per heavy atom. The highest BCUT2D eigenvalue weighted by Crippen LogP contribution is 2.22. The van der Waals surface area contributed by atoms with Crippen molar-refractivity contribution in [2.45, 2.75) is 13.3 Å². The maximum absolute atomic E-state index is 12.2. The minimum Gasteiger partial charge on any atom is -0.306 e. The summed E-state index contributed by atoms with van der Waals surface area (Å²) in [6.45, 7) is 1.58. The second-order valence-electron chi connectivity index (χ2n) is 6.41. The number of aromatic nitrogens is 2. The molecule has 0 fully saturated rings. The normalized spacial score (nSPS) is 10.6. The van der Waals surface area contributed by atoms with Crippen LogP contribution in [0.2, 0.25) is 0 Å². The Morgan fingerprint density at radius 1 is 1.04 bits per heavy atom. The average Bonchev–Trinajstić information content (AvgIpc) is 2.66. The van der Waals surface area contributed by atoms with Gasteiger partial charge < -0.3 is 4.98 Å². The molecule has 0 aliphatic heterocycles. The predicted octanol–water partition coefficient (Wildman–Crippen LogP) is 3.61. The molecule has 0 saturated heterocycles. The Bertz CT molecular complexity index is 1310. The van der Waals surface area contributed by atoms with Crippen molar-refractivity contribution < 1.29 is 4.79 Å². The largest absolute Gasteiger partial charge is 0.306 e. The van der Waals surface area contributed by atoms with Crippen LogP contribution in [0, 0.1) is 11.8 Å². The first kappa shape index (κ1) is 16.7. The molecule has 1 N–H and O–H groups in total. The number of hydrogen-bond donors (Lipinski definition) is 1. The molecule has 0 spiro atoms. The number of pyridine rings is 2. The molecule has 0 amide bonds. The van der Waals surface area contributed by atoms with E-state index < -0.39 is 0 Å². The van der Waals surface area contributed by atoms with E-state index >= 15 is 0 Å². The summed E-state index contributed by atoms with van der Waals surface area (Å²) >= 11 is 0. The lowest BCUT2D eigenvalue weighted by Crippen LogP contribution is -2.07. The second-order valence-corrected chi connectivity index (χ2v) is 6.41. The minimum absolute atomic E-state index is 0.121. The van der Waals surface area contributed by atoms with Gasteiger partial charge >= 0.3 is 0 Å². The summed E-state index contributed by atoms with van der Waals surface area (Å²) in [7, 11) is 0. The fourth-order valence-electron chi connectivity index (χ4n) is 3.19. The van der Waals surface area contributed by atoms with Gasteiger partial charge in [-0.1, -0.05) is 42.2 Å². The van der Waals surface area contributed by atoms with Crippen molar-refractivity contribution in [2.75, 3.05) is 0 Å². The fraction of sp³-hybridized carbons (Fsp3) is 0.0870. The number of rotatable bonds is 2. The van der Waals surface area contributed by atoms with Gasteiger partial charge in [0.05, 0.1) is 0 Å². The lowest BCUT2D eigenvalue weighted by atomic mass is 10.0. The van der Waals surface area contributed by atoms with E-state index in [1.807, 2.05) is 48.5 Å². The molecule has 27 heavy (non-hydrogen) atoms. The zero-order valence-corrected chi connectivity index (χ0v) is 14.7. The molecular weight excluding hydrogens is 336 g/mol. The van der Waals surface area contributed by atoms with E-state index in [-0.39, 0.29) is 11.3 Å². The SMILES string of the molecule is CC(=O)Cc1cccc(C#Cc2ccnc3[nH]c(=O)c4ccccc4c23)c1. The van der Waals surface area contributed by atoms with Gasteiger partial charge in [0, 0.05) is 34.5 Å². The first-order valence-electron chi connectivity index (χ1n) is 8.62. The van der Waals surface area contributed by atoms with Gasteiger partial charge in [-0.25, -0.2) is 4.98 Å². The molecule has 4 rings (SSSR count). The molecule has 0 aliphatic carbocycles. The summed E-state index contributed by atoms with van der Waals surface area (Å²) in [6.07, 6.45) is 2.04. The van der Waals surface area contributed by atoms with E-state index in [1.165, 1.54) is 0 Å². The summed E-state index contributed by atoms with van der Waals surface area (Å²) in [4.78, 5) is 30.7. The number of hydrogen-bond acceptors (Lipinski definition) is 3. The molecule has 0 saturated carbocycles. The molecule has 2 aromatic carbocycles. The summed E-state index contributed by atoms with van der Waals surface area (Å²) < 4.78 is 0. The number of Topliss-reactive ketones (excluding diaryl/α,β-unsaturated/α-hetero) is 1. The first-order chi connectivity index (χ1) is 13.1. The van der Waals surface area contributed by atoms with Crippen LogP contribution in [-0.2, 0) is 11.2 Å². The molecular formula is C23H16N2O2. The zero-order valence-electron chi connectivity index (χ0n) is 14.7. The Hall–Kier alpha value is -3.71. The van der Waals surface area contributed by atoms with Crippen LogP contribution in [0.15, 0.2) is 65.6 Å². The molecule has 0 atom stereocenters. The number of nitrogens with zero attached hydrogens (tertiary/aromatic N) is 1. The van der Waals surface area contributed by atoms with E-state index in [1.54, 1.807) is 19.2 Å². The number of benzene rings is 2. The van der Waals surface area contributed by atoms with Crippen molar-refractivity contribution in [1.82, 2.24) is 9.97 Å². The van der Waals surface area contributed by atoms with Crippen molar-refractivity contribution in [3.05, 3.63) is 87.8 Å². The van der Waals surface area contributed by atoms with Crippen LogP contribution in [0.3, 0.4) is 0 Å². The smallest absolute Gasteiger partial charge is 0.257 e. The Labute approximate surface area is 155 Å². The summed E-state index contributed by atoms with van der Waals surface area (Å²) in [5.74, 6) is 6.49. The van der Waals surface area contributed by atoms with Gasteiger partial charge in [-0.05, 0) is 42.1 Å². The lowest BCUT2D eigenvalue weighted by molar-refractivity contribution is -0.116.